The van der Waals surface area contributed by atoms with Crippen molar-refractivity contribution in [2.45, 2.75) is 26.4 Å². The summed E-state index contributed by atoms with van der Waals surface area (Å²) in [5.74, 6) is 0.470. The first-order valence-electron chi connectivity index (χ1n) is 5.68. The lowest BCUT2D eigenvalue weighted by Crippen LogP contribution is -2.20. The van der Waals surface area contributed by atoms with E-state index in [9.17, 15) is 4.79 Å². The normalized spacial score (nSPS) is 10.6. The molecule has 0 bridgehead atoms. The molecule has 0 aliphatic rings. The van der Waals surface area contributed by atoms with Gasteiger partial charge < -0.3 is 10.1 Å². The number of nitrogens with one attached hydrogen (secondary N) is 1. The average Bonchev–Trinajstić information content (AvgIpc) is 2.29. The fraction of sp³-hybridized carbons (Fsp3) is 0.462. The van der Waals surface area contributed by atoms with Crippen LogP contribution in [0.1, 0.15) is 19.4 Å². The molecule has 17 heavy (non-hydrogen) atoms. The SMILES string of the molecule is CC(C)OCC(=O)Nc1ccc(CCCl)cc1. The zero-order valence-electron chi connectivity index (χ0n) is 10.2. The van der Waals surface area contributed by atoms with E-state index in [2.05, 4.69) is 5.32 Å². The Kier molecular flexibility index (Phi) is 6.01. The molecular weight excluding hydrogens is 238 g/mol. The number of anilines is 1. The van der Waals surface area contributed by atoms with Crippen LogP contribution < -0.4 is 5.32 Å². The van der Waals surface area contributed by atoms with Gasteiger partial charge in [0.2, 0.25) is 5.91 Å². The van der Waals surface area contributed by atoms with Gasteiger partial charge in [-0.2, -0.15) is 0 Å². The van der Waals surface area contributed by atoms with Crippen LogP contribution >= 0.6 is 11.6 Å². The van der Waals surface area contributed by atoms with Gasteiger partial charge in [0.15, 0.2) is 0 Å². The number of benzene rings is 1. The maximum Gasteiger partial charge on any atom is 0.250 e. The van der Waals surface area contributed by atoms with Crippen LogP contribution in [-0.4, -0.2) is 24.5 Å². The van der Waals surface area contributed by atoms with Gasteiger partial charge in [-0.25, -0.2) is 0 Å². The van der Waals surface area contributed by atoms with E-state index in [1.54, 1.807) is 0 Å². The molecule has 0 saturated heterocycles. The summed E-state index contributed by atoms with van der Waals surface area (Å²) in [4.78, 5) is 11.5. The maximum absolute atomic E-state index is 11.5. The van der Waals surface area contributed by atoms with Gasteiger partial charge >= 0.3 is 0 Å². The van der Waals surface area contributed by atoms with E-state index in [4.69, 9.17) is 16.3 Å². The Morgan fingerprint density at radius 3 is 2.53 bits per heavy atom. The molecule has 0 aliphatic carbocycles. The quantitative estimate of drug-likeness (QED) is 0.794. The van der Waals surface area contributed by atoms with E-state index in [-0.39, 0.29) is 18.6 Å². The third-order valence-corrected chi connectivity index (χ3v) is 2.36. The Bertz CT molecular complexity index is 349. The van der Waals surface area contributed by atoms with Gasteiger partial charge in [0.05, 0.1) is 6.10 Å². The van der Waals surface area contributed by atoms with Crippen molar-refractivity contribution in [3.63, 3.8) is 0 Å². The second kappa shape index (κ2) is 7.30. The molecule has 3 nitrogen and oxygen atoms in total. The van der Waals surface area contributed by atoms with Crippen LogP contribution in [0.3, 0.4) is 0 Å². The molecule has 0 aromatic heterocycles. The highest BCUT2D eigenvalue weighted by atomic mass is 35.5. The largest absolute Gasteiger partial charge is 0.369 e. The van der Waals surface area contributed by atoms with E-state index < -0.39 is 0 Å². The highest BCUT2D eigenvalue weighted by Crippen LogP contribution is 2.10. The van der Waals surface area contributed by atoms with Gasteiger partial charge in [0.25, 0.3) is 0 Å². The van der Waals surface area contributed by atoms with Crippen molar-refractivity contribution in [2.75, 3.05) is 17.8 Å². The van der Waals surface area contributed by atoms with Gasteiger partial charge in [0, 0.05) is 11.6 Å². The van der Waals surface area contributed by atoms with E-state index in [1.807, 2.05) is 38.1 Å². The number of carbonyl (C=O) groups excluding carboxylic acids is 1. The summed E-state index contributed by atoms with van der Waals surface area (Å²) in [6, 6.07) is 7.66. The van der Waals surface area contributed by atoms with Gasteiger partial charge in [-0.15, -0.1) is 11.6 Å². The number of halogens is 1. The molecule has 0 atom stereocenters. The van der Waals surface area contributed by atoms with Gasteiger partial charge in [-0.05, 0) is 38.0 Å². The number of alkyl halides is 1. The van der Waals surface area contributed by atoms with E-state index in [1.165, 1.54) is 0 Å². The first kappa shape index (κ1) is 14.0. The van der Waals surface area contributed by atoms with Gasteiger partial charge in [0.1, 0.15) is 6.61 Å². The molecular formula is C13H18ClNO2. The first-order chi connectivity index (χ1) is 8.11. The molecule has 0 spiro atoms. The van der Waals surface area contributed by atoms with E-state index in [0.29, 0.717) is 5.88 Å². The van der Waals surface area contributed by atoms with E-state index >= 15 is 0 Å². The molecule has 1 aromatic rings. The molecule has 94 valence electrons. The number of hydrogen-bond acceptors (Lipinski definition) is 2. The topological polar surface area (TPSA) is 38.3 Å². The maximum atomic E-state index is 11.5. The predicted octanol–water partition coefficient (Wildman–Crippen LogP) is 2.83. The molecule has 1 amide bonds. The van der Waals surface area contributed by atoms with Crippen LogP contribution in [0.2, 0.25) is 0 Å². The number of amides is 1. The Hall–Kier alpha value is -1.06. The average molecular weight is 256 g/mol. The molecule has 0 aliphatic heterocycles. The van der Waals surface area contributed by atoms with Gasteiger partial charge in [-0.1, -0.05) is 12.1 Å². The summed E-state index contributed by atoms with van der Waals surface area (Å²) in [5, 5.41) is 2.77. The van der Waals surface area contributed by atoms with Crippen molar-refractivity contribution in [3.05, 3.63) is 29.8 Å². The third-order valence-electron chi connectivity index (χ3n) is 2.17. The van der Waals surface area contributed by atoms with Crippen LogP contribution in [0.15, 0.2) is 24.3 Å². The number of rotatable bonds is 6. The number of carbonyl (C=O) groups is 1. The first-order valence-corrected chi connectivity index (χ1v) is 6.21. The number of hydrogen-bond donors (Lipinski definition) is 1. The lowest BCUT2D eigenvalue weighted by Gasteiger charge is -2.08. The monoisotopic (exact) mass is 255 g/mol. The minimum absolute atomic E-state index is 0.0619. The summed E-state index contributed by atoms with van der Waals surface area (Å²) in [7, 11) is 0. The predicted molar refractivity (Wildman–Crippen MR) is 70.6 cm³/mol. The fourth-order valence-electron chi connectivity index (χ4n) is 1.30. The molecule has 0 fully saturated rings. The molecule has 1 rings (SSSR count). The van der Waals surface area contributed by atoms with Crippen molar-refractivity contribution >= 4 is 23.2 Å². The van der Waals surface area contributed by atoms with Crippen molar-refractivity contribution in [1.29, 1.82) is 0 Å². The van der Waals surface area contributed by atoms with Crippen LogP contribution in [0.5, 0.6) is 0 Å². The molecule has 1 N–H and O–H groups in total. The Morgan fingerprint density at radius 2 is 2.00 bits per heavy atom. The zero-order chi connectivity index (χ0) is 12.7. The minimum atomic E-state index is -0.135. The standard InChI is InChI=1S/C13H18ClNO2/c1-10(2)17-9-13(16)15-12-5-3-11(4-6-12)7-8-14/h3-6,10H,7-9H2,1-2H3,(H,15,16). The van der Waals surface area contributed by atoms with Crippen molar-refractivity contribution in [1.82, 2.24) is 0 Å². The fourth-order valence-corrected chi connectivity index (χ4v) is 1.52. The Balaban J connectivity index is 2.43. The van der Waals surface area contributed by atoms with Crippen molar-refractivity contribution < 1.29 is 9.53 Å². The molecule has 0 radical (unpaired) electrons. The second-order valence-electron chi connectivity index (χ2n) is 4.04. The molecule has 0 unspecified atom stereocenters. The Labute approximate surface area is 107 Å². The highest BCUT2D eigenvalue weighted by Gasteiger charge is 2.03. The van der Waals surface area contributed by atoms with Crippen LogP contribution in [-0.2, 0) is 16.0 Å². The summed E-state index contributed by atoms with van der Waals surface area (Å²) < 4.78 is 5.21. The summed E-state index contributed by atoms with van der Waals surface area (Å²) >= 11 is 5.64. The molecule has 1 aromatic carbocycles. The molecule has 0 saturated carbocycles. The van der Waals surface area contributed by atoms with Gasteiger partial charge in [-0.3, -0.25) is 4.79 Å². The zero-order valence-corrected chi connectivity index (χ0v) is 11.0. The Morgan fingerprint density at radius 1 is 1.35 bits per heavy atom. The third kappa shape index (κ3) is 5.71. The summed E-state index contributed by atoms with van der Waals surface area (Å²) in [6.07, 6.45) is 0.901. The van der Waals surface area contributed by atoms with Crippen molar-refractivity contribution in [2.24, 2.45) is 0 Å². The lowest BCUT2D eigenvalue weighted by atomic mass is 10.1. The number of aryl methyl sites for hydroxylation is 1. The van der Waals surface area contributed by atoms with Crippen LogP contribution in [0.4, 0.5) is 5.69 Å². The summed E-state index contributed by atoms with van der Waals surface area (Å²) in [5.41, 5.74) is 1.94. The second-order valence-corrected chi connectivity index (χ2v) is 4.42. The number of ether oxygens (including phenoxy) is 1. The lowest BCUT2D eigenvalue weighted by molar-refractivity contribution is -0.121. The van der Waals surface area contributed by atoms with E-state index in [0.717, 1.165) is 17.7 Å². The molecule has 0 heterocycles. The molecule has 4 heteroatoms. The minimum Gasteiger partial charge on any atom is -0.369 e. The highest BCUT2D eigenvalue weighted by molar-refractivity contribution is 6.17. The summed E-state index contributed by atoms with van der Waals surface area (Å²) in [6.45, 7) is 3.88. The smallest absolute Gasteiger partial charge is 0.250 e. The van der Waals surface area contributed by atoms with Crippen molar-refractivity contribution in [3.8, 4) is 0 Å². The van der Waals surface area contributed by atoms with Crippen LogP contribution in [0, 0.1) is 0 Å². The van der Waals surface area contributed by atoms with Crippen LogP contribution in [0.25, 0.3) is 0 Å².